The molecule has 2 aromatic rings. The second-order valence-electron chi connectivity index (χ2n) is 4.54. The van der Waals surface area contributed by atoms with Gasteiger partial charge in [-0.05, 0) is 18.2 Å². The summed E-state index contributed by atoms with van der Waals surface area (Å²) < 4.78 is 36.9. The third-order valence-corrected chi connectivity index (χ3v) is 3.39. The lowest BCUT2D eigenvalue weighted by Gasteiger charge is -2.03. The summed E-state index contributed by atoms with van der Waals surface area (Å²) in [4.78, 5) is 18.6. The lowest BCUT2D eigenvalue weighted by atomic mass is 10.3. The molecule has 0 bridgehead atoms. The van der Waals surface area contributed by atoms with Crippen LogP contribution in [0.1, 0.15) is 12.2 Å². The standard InChI is InChI=1S/C12H15FN4O3S/c1-21(19,20)15-5-4-12(18)14-7-11-16-9-3-2-8(13)6-10(9)17-11/h2-3,6,15H,4-5,7H2,1H3,(H,14,18)(H,16,17). The highest BCUT2D eigenvalue weighted by molar-refractivity contribution is 7.88. The van der Waals surface area contributed by atoms with E-state index in [-0.39, 0.29) is 31.2 Å². The van der Waals surface area contributed by atoms with Crippen LogP contribution in [0.25, 0.3) is 11.0 Å². The predicted molar refractivity (Wildman–Crippen MR) is 75.4 cm³/mol. The highest BCUT2D eigenvalue weighted by atomic mass is 32.2. The van der Waals surface area contributed by atoms with Crippen LogP contribution in [-0.2, 0) is 21.4 Å². The van der Waals surface area contributed by atoms with Gasteiger partial charge in [-0.3, -0.25) is 4.79 Å². The van der Waals surface area contributed by atoms with E-state index in [2.05, 4.69) is 20.0 Å². The molecule has 0 fully saturated rings. The fraction of sp³-hybridized carbons (Fsp3) is 0.333. The van der Waals surface area contributed by atoms with Crippen molar-refractivity contribution >= 4 is 27.0 Å². The Morgan fingerprint density at radius 2 is 2.19 bits per heavy atom. The van der Waals surface area contributed by atoms with Crippen LogP contribution >= 0.6 is 0 Å². The zero-order valence-corrected chi connectivity index (χ0v) is 12.1. The molecule has 1 heterocycles. The van der Waals surface area contributed by atoms with Crippen LogP contribution < -0.4 is 10.0 Å². The summed E-state index contributed by atoms with van der Waals surface area (Å²) in [6, 6.07) is 4.18. The molecular weight excluding hydrogens is 299 g/mol. The van der Waals surface area contributed by atoms with Gasteiger partial charge in [-0.1, -0.05) is 0 Å². The van der Waals surface area contributed by atoms with Gasteiger partial charge in [0, 0.05) is 13.0 Å². The van der Waals surface area contributed by atoms with Crippen LogP contribution in [0.15, 0.2) is 18.2 Å². The van der Waals surface area contributed by atoms with Gasteiger partial charge in [-0.25, -0.2) is 22.5 Å². The van der Waals surface area contributed by atoms with Crippen molar-refractivity contribution < 1.29 is 17.6 Å². The Balaban J connectivity index is 1.85. The third-order valence-electron chi connectivity index (χ3n) is 2.66. The SMILES string of the molecule is CS(=O)(=O)NCCC(=O)NCc1nc2ccc(F)cc2[nH]1. The number of hydrogen-bond donors (Lipinski definition) is 3. The average Bonchev–Trinajstić information content (AvgIpc) is 2.76. The number of amides is 1. The van der Waals surface area contributed by atoms with Crippen molar-refractivity contribution in [1.82, 2.24) is 20.0 Å². The number of aromatic amines is 1. The van der Waals surface area contributed by atoms with Crippen LogP contribution in [0.2, 0.25) is 0 Å². The van der Waals surface area contributed by atoms with E-state index in [1.165, 1.54) is 12.1 Å². The molecule has 0 aliphatic heterocycles. The largest absolute Gasteiger partial charge is 0.349 e. The summed E-state index contributed by atoms with van der Waals surface area (Å²) >= 11 is 0. The van der Waals surface area contributed by atoms with E-state index in [9.17, 15) is 17.6 Å². The van der Waals surface area contributed by atoms with Gasteiger partial charge >= 0.3 is 0 Å². The van der Waals surface area contributed by atoms with E-state index in [1.807, 2.05) is 0 Å². The van der Waals surface area contributed by atoms with Crippen molar-refractivity contribution in [3.63, 3.8) is 0 Å². The number of carbonyl (C=O) groups excluding carboxylic acids is 1. The summed E-state index contributed by atoms with van der Waals surface area (Å²) in [5.41, 5.74) is 1.16. The maximum atomic E-state index is 13.0. The van der Waals surface area contributed by atoms with Gasteiger partial charge in [-0.2, -0.15) is 0 Å². The summed E-state index contributed by atoms with van der Waals surface area (Å²) in [5, 5.41) is 2.60. The van der Waals surface area contributed by atoms with Gasteiger partial charge in [0.2, 0.25) is 15.9 Å². The van der Waals surface area contributed by atoms with Gasteiger partial charge in [0.1, 0.15) is 11.6 Å². The van der Waals surface area contributed by atoms with Gasteiger partial charge in [0.15, 0.2) is 0 Å². The fourth-order valence-electron chi connectivity index (χ4n) is 1.74. The number of hydrogen-bond acceptors (Lipinski definition) is 4. The first kappa shape index (κ1) is 15.4. The summed E-state index contributed by atoms with van der Waals surface area (Å²) in [6.45, 7) is 0.198. The Kier molecular flexibility index (Phi) is 4.53. The molecule has 1 amide bonds. The molecule has 0 saturated heterocycles. The Bertz CT molecular complexity index is 757. The van der Waals surface area contributed by atoms with E-state index in [0.29, 0.717) is 16.9 Å². The molecule has 9 heteroatoms. The topological polar surface area (TPSA) is 104 Å². The Hall–Kier alpha value is -2.00. The van der Waals surface area contributed by atoms with Gasteiger partial charge in [0.05, 0.1) is 23.8 Å². The average molecular weight is 314 g/mol. The smallest absolute Gasteiger partial charge is 0.221 e. The number of halogens is 1. The highest BCUT2D eigenvalue weighted by Crippen LogP contribution is 2.12. The molecular formula is C12H15FN4O3S. The normalized spacial score (nSPS) is 11.7. The first-order valence-electron chi connectivity index (χ1n) is 6.19. The molecule has 0 aliphatic carbocycles. The molecule has 0 saturated carbocycles. The second kappa shape index (κ2) is 6.19. The number of benzene rings is 1. The number of H-pyrrole nitrogens is 1. The number of imidazole rings is 1. The quantitative estimate of drug-likeness (QED) is 0.711. The zero-order valence-electron chi connectivity index (χ0n) is 11.3. The molecule has 0 unspecified atom stereocenters. The van der Waals surface area contributed by atoms with E-state index in [0.717, 1.165) is 6.26 Å². The molecule has 0 atom stereocenters. The molecule has 114 valence electrons. The van der Waals surface area contributed by atoms with E-state index < -0.39 is 10.0 Å². The molecule has 0 radical (unpaired) electrons. The lowest BCUT2D eigenvalue weighted by Crippen LogP contribution is -2.30. The molecule has 3 N–H and O–H groups in total. The van der Waals surface area contributed by atoms with Crippen LogP contribution in [0, 0.1) is 5.82 Å². The minimum Gasteiger partial charge on any atom is -0.349 e. The first-order chi connectivity index (χ1) is 9.83. The van der Waals surface area contributed by atoms with Gasteiger partial charge in [0.25, 0.3) is 0 Å². The summed E-state index contributed by atoms with van der Waals surface area (Å²) in [6.07, 6.45) is 1.06. The number of nitrogens with one attached hydrogen (secondary N) is 3. The molecule has 1 aromatic carbocycles. The highest BCUT2D eigenvalue weighted by Gasteiger charge is 2.07. The minimum atomic E-state index is -3.29. The van der Waals surface area contributed by atoms with E-state index in [1.54, 1.807) is 6.07 Å². The Morgan fingerprint density at radius 3 is 2.90 bits per heavy atom. The van der Waals surface area contributed by atoms with Crippen molar-refractivity contribution in [2.45, 2.75) is 13.0 Å². The zero-order chi connectivity index (χ0) is 15.5. The molecule has 21 heavy (non-hydrogen) atoms. The van der Waals surface area contributed by atoms with Crippen molar-refractivity contribution in [2.24, 2.45) is 0 Å². The third kappa shape index (κ3) is 4.80. The second-order valence-corrected chi connectivity index (χ2v) is 6.37. The van der Waals surface area contributed by atoms with Crippen molar-refractivity contribution in [3.05, 3.63) is 29.8 Å². The fourth-order valence-corrected chi connectivity index (χ4v) is 2.21. The monoisotopic (exact) mass is 314 g/mol. The lowest BCUT2D eigenvalue weighted by molar-refractivity contribution is -0.121. The van der Waals surface area contributed by atoms with Crippen LogP contribution in [0.5, 0.6) is 0 Å². The number of sulfonamides is 1. The number of nitrogens with zero attached hydrogens (tertiary/aromatic N) is 1. The molecule has 7 nitrogen and oxygen atoms in total. The maximum Gasteiger partial charge on any atom is 0.221 e. The van der Waals surface area contributed by atoms with E-state index >= 15 is 0 Å². The minimum absolute atomic E-state index is 0.0297. The molecule has 0 aliphatic rings. The summed E-state index contributed by atoms with van der Waals surface area (Å²) in [7, 11) is -3.29. The Labute approximate surface area is 121 Å². The number of aromatic nitrogens is 2. The Morgan fingerprint density at radius 1 is 1.43 bits per heavy atom. The summed E-state index contributed by atoms with van der Waals surface area (Å²) in [5.74, 6) is -0.175. The van der Waals surface area contributed by atoms with Crippen molar-refractivity contribution in [2.75, 3.05) is 12.8 Å². The van der Waals surface area contributed by atoms with Gasteiger partial charge < -0.3 is 10.3 Å². The van der Waals surface area contributed by atoms with Crippen LogP contribution in [0.3, 0.4) is 0 Å². The predicted octanol–water partition coefficient (Wildman–Crippen LogP) is 0.257. The maximum absolute atomic E-state index is 13.0. The molecule has 1 aromatic heterocycles. The first-order valence-corrected chi connectivity index (χ1v) is 8.08. The number of rotatable bonds is 6. The van der Waals surface area contributed by atoms with Crippen LogP contribution in [0.4, 0.5) is 4.39 Å². The number of fused-ring (bicyclic) bond motifs is 1. The van der Waals surface area contributed by atoms with E-state index in [4.69, 9.17) is 0 Å². The van der Waals surface area contributed by atoms with Crippen molar-refractivity contribution in [1.29, 1.82) is 0 Å². The molecule has 2 rings (SSSR count). The van der Waals surface area contributed by atoms with Crippen molar-refractivity contribution in [3.8, 4) is 0 Å². The molecule has 0 spiro atoms. The number of carbonyl (C=O) groups is 1. The van der Waals surface area contributed by atoms with Crippen LogP contribution in [-0.4, -0.2) is 37.1 Å². The van der Waals surface area contributed by atoms with Gasteiger partial charge in [-0.15, -0.1) is 0 Å².